The van der Waals surface area contributed by atoms with Crippen LogP contribution in [0.4, 0.5) is 8.78 Å². The van der Waals surface area contributed by atoms with Gasteiger partial charge >= 0.3 is 0 Å². The maximum absolute atomic E-state index is 14.2. The van der Waals surface area contributed by atoms with E-state index in [1.54, 1.807) is 12.1 Å². The number of rotatable bonds is 4. The van der Waals surface area contributed by atoms with E-state index in [9.17, 15) is 8.78 Å². The van der Waals surface area contributed by atoms with Gasteiger partial charge in [0.25, 0.3) is 0 Å². The molecule has 0 spiro atoms. The minimum atomic E-state index is -0.563. The first-order valence-corrected chi connectivity index (χ1v) is 8.26. The van der Waals surface area contributed by atoms with Crippen LogP contribution in [-0.4, -0.2) is 19.6 Å². The molecule has 26 heavy (non-hydrogen) atoms. The van der Waals surface area contributed by atoms with E-state index < -0.39 is 11.6 Å². The summed E-state index contributed by atoms with van der Waals surface area (Å²) in [5, 5.41) is 8.38. The zero-order valence-electron chi connectivity index (χ0n) is 14.3. The van der Waals surface area contributed by atoms with E-state index in [1.165, 1.54) is 6.39 Å². The van der Waals surface area contributed by atoms with Gasteiger partial charge in [-0.15, -0.1) is 10.2 Å². The summed E-state index contributed by atoms with van der Waals surface area (Å²) in [7, 11) is 0. The normalized spacial score (nSPS) is 11.6. The lowest BCUT2D eigenvalue weighted by Gasteiger charge is -2.06. The average molecular weight is 354 g/mol. The summed E-state index contributed by atoms with van der Waals surface area (Å²) >= 11 is 0. The van der Waals surface area contributed by atoms with Crippen molar-refractivity contribution >= 4 is 5.65 Å². The molecule has 3 heterocycles. The molecule has 0 fully saturated rings. The molecule has 0 saturated heterocycles. The van der Waals surface area contributed by atoms with Gasteiger partial charge in [-0.05, 0) is 36.2 Å². The summed E-state index contributed by atoms with van der Waals surface area (Å²) in [6.07, 6.45) is 3.82. The summed E-state index contributed by atoms with van der Waals surface area (Å²) < 4.78 is 35.1. The number of oxazole rings is 1. The van der Waals surface area contributed by atoms with Crippen molar-refractivity contribution in [1.29, 1.82) is 0 Å². The highest BCUT2D eigenvalue weighted by Crippen LogP contribution is 2.33. The summed E-state index contributed by atoms with van der Waals surface area (Å²) in [4.78, 5) is 4.09. The van der Waals surface area contributed by atoms with Crippen LogP contribution in [-0.2, 0) is 6.42 Å². The number of benzene rings is 1. The van der Waals surface area contributed by atoms with Crippen LogP contribution in [0.5, 0.6) is 0 Å². The third-order valence-corrected chi connectivity index (χ3v) is 4.08. The maximum atomic E-state index is 14.2. The van der Waals surface area contributed by atoms with Crippen LogP contribution < -0.4 is 0 Å². The highest BCUT2D eigenvalue weighted by Gasteiger charge is 2.18. The number of fused-ring (bicyclic) bond motifs is 1. The van der Waals surface area contributed by atoms with Gasteiger partial charge in [-0.2, -0.15) is 0 Å². The van der Waals surface area contributed by atoms with Crippen molar-refractivity contribution in [3.8, 4) is 22.6 Å². The molecule has 0 aliphatic carbocycles. The fraction of sp³-hybridized carbons (Fsp3) is 0.211. The van der Waals surface area contributed by atoms with Crippen molar-refractivity contribution in [3.05, 3.63) is 60.4 Å². The van der Waals surface area contributed by atoms with Crippen molar-refractivity contribution < 1.29 is 13.2 Å². The van der Waals surface area contributed by atoms with Gasteiger partial charge in [0.2, 0.25) is 0 Å². The number of nitrogens with zero attached hydrogens (tertiary/aromatic N) is 4. The molecule has 3 aromatic heterocycles. The van der Waals surface area contributed by atoms with Crippen LogP contribution in [0.3, 0.4) is 0 Å². The van der Waals surface area contributed by atoms with Gasteiger partial charge in [0.1, 0.15) is 23.2 Å². The van der Waals surface area contributed by atoms with Gasteiger partial charge in [0.15, 0.2) is 17.8 Å². The van der Waals surface area contributed by atoms with Crippen LogP contribution in [0.2, 0.25) is 0 Å². The fourth-order valence-electron chi connectivity index (χ4n) is 2.90. The van der Waals surface area contributed by atoms with Crippen LogP contribution in [0.25, 0.3) is 28.2 Å². The molecule has 4 rings (SSSR count). The van der Waals surface area contributed by atoms with Crippen LogP contribution in [0, 0.1) is 17.6 Å². The lowest BCUT2D eigenvalue weighted by Crippen LogP contribution is -2.00. The summed E-state index contributed by atoms with van der Waals surface area (Å²) in [5.41, 5.74) is 1.70. The number of hydrogen-bond acceptors (Lipinski definition) is 4. The highest BCUT2D eigenvalue weighted by molar-refractivity contribution is 5.77. The second-order valence-corrected chi connectivity index (χ2v) is 6.51. The SMILES string of the molecule is CC(C)Cc1nnc2ccc(-c3ocnc3-c3cc(F)ccc3F)cn12. The Morgan fingerprint density at radius 2 is 1.96 bits per heavy atom. The Morgan fingerprint density at radius 3 is 2.77 bits per heavy atom. The van der Waals surface area contributed by atoms with Crippen molar-refractivity contribution in [2.75, 3.05) is 0 Å². The average Bonchev–Trinajstić information content (AvgIpc) is 3.23. The predicted octanol–water partition coefficient (Wildman–Crippen LogP) is 4.53. The zero-order valence-corrected chi connectivity index (χ0v) is 14.3. The first-order chi connectivity index (χ1) is 12.5. The lowest BCUT2D eigenvalue weighted by atomic mass is 10.1. The zero-order chi connectivity index (χ0) is 18.3. The molecule has 4 aromatic rings. The first-order valence-electron chi connectivity index (χ1n) is 8.26. The molecule has 0 aliphatic rings. The van der Waals surface area contributed by atoms with Gasteiger partial charge in [-0.25, -0.2) is 13.8 Å². The van der Waals surface area contributed by atoms with E-state index in [0.29, 0.717) is 22.9 Å². The van der Waals surface area contributed by atoms with Gasteiger partial charge in [0.05, 0.1) is 0 Å². The molecule has 5 nitrogen and oxygen atoms in total. The molecule has 0 amide bonds. The predicted molar refractivity (Wildman–Crippen MR) is 92.4 cm³/mol. The van der Waals surface area contributed by atoms with Crippen molar-refractivity contribution in [2.24, 2.45) is 5.92 Å². The molecule has 1 aromatic carbocycles. The second-order valence-electron chi connectivity index (χ2n) is 6.51. The van der Waals surface area contributed by atoms with Crippen LogP contribution in [0.15, 0.2) is 47.3 Å². The van der Waals surface area contributed by atoms with E-state index in [2.05, 4.69) is 29.0 Å². The second kappa shape index (κ2) is 6.33. The Bertz CT molecular complexity index is 1080. The Labute approximate surface area is 148 Å². The van der Waals surface area contributed by atoms with Gasteiger partial charge < -0.3 is 4.42 Å². The fourth-order valence-corrected chi connectivity index (χ4v) is 2.90. The number of hydrogen-bond donors (Lipinski definition) is 0. The van der Waals surface area contributed by atoms with E-state index in [-0.39, 0.29) is 11.3 Å². The van der Waals surface area contributed by atoms with Gasteiger partial charge in [0, 0.05) is 23.7 Å². The molecule has 0 unspecified atom stereocenters. The standard InChI is InChI=1S/C19H16F2N4O/c1-11(2)7-17-24-23-16-6-3-12(9-25(16)17)19-18(22-10-26-19)14-8-13(20)4-5-15(14)21/h3-6,8-11H,7H2,1-2H3. The third kappa shape index (κ3) is 2.85. The number of pyridine rings is 1. The molecule has 0 radical (unpaired) electrons. The van der Waals surface area contributed by atoms with Crippen molar-refractivity contribution in [2.45, 2.75) is 20.3 Å². The lowest BCUT2D eigenvalue weighted by molar-refractivity contribution is 0.571. The number of halogens is 2. The summed E-state index contributed by atoms with van der Waals surface area (Å²) in [5.74, 6) is 0.514. The van der Waals surface area contributed by atoms with E-state index in [4.69, 9.17) is 4.42 Å². The van der Waals surface area contributed by atoms with Crippen molar-refractivity contribution in [1.82, 2.24) is 19.6 Å². The molecule has 0 aliphatic heterocycles. The maximum Gasteiger partial charge on any atom is 0.182 e. The number of aromatic nitrogens is 4. The molecule has 0 N–H and O–H groups in total. The monoisotopic (exact) mass is 354 g/mol. The first kappa shape index (κ1) is 16.4. The molecule has 7 heteroatoms. The quantitative estimate of drug-likeness (QED) is 0.540. The minimum absolute atomic E-state index is 0.0556. The molecule has 132 valence electrons. The third-order valence-electron chi connectivity index (χ3n) is 4.08. The summed E-state index contributed by atoms with van der Waals surface area (Å²) in [6, 6.07) is 6.86. The largest absolute Gasteiger partial charge is 0.443 e. The Morgan fingerprint density at radius 1 is 1.12 bits per heavy atom. The van der Waals surface area contributed by atoms with E-state index >= 15 is 0 Å². The Kier molecular flexibility index (Phi) is 3.99. The van der Waals surface area contributed by atoms with E-state index in [1.807, 2.05) is 10.6 Å². The van der Waals surface area contributed by atoms with Gasteiger partial charge in [-0.1, -0.05) is 13.8 Å². The molecule has 0 atom stereocenters. The Balaban J connectivity index is 1.84. The Hall–Kier alpha value is -3.09. The van der Waals surface area contributed by atoms with Gasteiger partial charge in [-0.3, -0.25) is 4.40 Å². The molecular weight excluding hydrogens is 338 g/mol. The topological polar surface area (TPSA) is 56.2 Å². The molecule has 0 bridgehead atoms. The summed E-state index contributed by atoms with van der Waals surface area (Å²) in [6.45, 7) is 4.21. The highest BCUT2D eigenvalue weighted by atomic mass is 19.1. The van der Waals surface area contributed by atoms with Crippen molar-refractivity contribution in [3.63, 3.8) is 0 Å². The smallest absolute Gasteiger partial charge is 0.182 e. The van der Waals surface area contributed by atoms with E-state index in [0.717, 1.165) is 30.4 Å². The van der Waals surface area contributed by atoms with Crippen LogP contribution in [0.1, 0.15) is 19.7 Å². The minimum Gasteiger partial charge on any atom is -0.443 e. The molecular formula is C19H16F2N4O. The molecule has 0 saturated carbocycles. The van der Waals surface area contributed by atoms with Crippen LogP contribution >= 0.6 is 0 Å².